The SMILES string of the molecule is CCCCCC(=O)OC(c1ccccc1)n1sc(Cl)c(Cl)c1=O. The van der Waals surface area contributed by atoms with E-state index in [1.807, 2.05) is 18.2 Å². The monoisotopic (exact) mass is 373 g/mol. The van der Waals surface area contributed by atoms with E-state index in [0.29, 0.717) is 12.0 Å². The molecule has 2 rings (SSSR count). The molecule has 0 aliphatic carbocycles. The number of hydrogen-bond donors (Lipinski definition) is 0. The lowest BCUT2D eigenvalue weighted by atomic mass is 10.2. The second kappa shape index (κ2) is 8.52. The molecule has 0 spiro atoms. The standard InChI is InChI=1S/C16H17Cl2NO3S/c1-2-3-5-10-12(20)22-16(11-8-6-4-7-9-11)19-15(21)13(17)14(18)23-19/h4,6-9,16H,2-3,5,10H2,1H3. The summed E-state index contributed by atoms with van der Waals surface area (Å²) in [5, 5.41) is -0.0559. The van der Waals surface area contributed by atoms with Gasteiger partial charge < -0.3 is 4.74 Å². The van der Waals surface area contributed by atoms with E-state index in [2.05, 4.69) is 6.92 Å². The number of aromatic nitrogens is 1. The molecule has 1 aromatic heterocycles. The normalized spacial score (nSPS) is 12.1. The maximum atomic E-state index is 12.2. The van der Waals surface area contributed by atoms with Gasteiger partial charge in [-0.1, -0.05) is 73.3 Å². The number of unbranched alkanes of at least 4 members (excludes halogenated alkanes) is 2. The molecule has 23 heavy (non-hydrogen) atoms. The van der Waals surface area contributed by atoms with Gasteiger partial charge in [-0.3, -0.25) is 9.59 Å². The van der Waals surface area contributed by atoms with Crippen molar-refractivity contribution in [2.75, 3.05) is 0 Å². The molecule has 124 valence electrons. The maximum Gasteiger partial charge on any atom is 0.308 e. The van der Waals surface area contributed by atoms with Crippen LogP contribution in [0.3, 0.4) is 0 Å². The molecule has 0 saturated carbocycles. The van der Waals surface area contributed by atoms with E-state index < -0.39 is 11.8 Å². The molecule has 0 fully saturated rings. The Morgan fingerprint density at radius 2 is 1.96 bits per heavy atom. The van der Waals surface area contributed by atoms with Crippen molar-refractivity contribution < 1.29 is 9.53 Å². The van der Waals surface area contributed by atoms with E-state index in [4.69, 9.17) is 27.9 Å². The van der Waals surface area contributed by atoms with Crippen LogP contribution in [0.4, 0.5) is 0 Å². The number of ether oxygens (including phenoxy) is 1. The van der Waals surface area contributed by atoms with E-state index in [1.54, 1.807) is 12.1 Å². The molecule has 1 heterocycles. The summed E-state index contributed by atoms with van der Waals surface area (Å²) in [4.78, 5) is 24.3. The van der Waals surface area contributed by atoms with Gasteiger partial charge in [0.25, 0.3) is 5.56 Å². The van der Waals surface area contributed by atoms with Gasteiger partial charge in [0.2, 0.25) is 6.23 Å². The van der Waals surface area contributed by atoms with Crippen molar-refractivity contribution in [3.63, 3.8) is 0 Å². The topological polar surface area (TPSA) is 48.3 Å². The number of halogens is 2. The van der Waals surface area contributed by atoms with Gasteiger partial charge >= 0.3 is 5.97 Å². The summed E-state index contributed by atoms with van der Waals surface area (Å²) in [6.07, 6.45) is 2.20. The molecule has 2 aromatic rings. The number of benzene rings is 1. The zero-order valence-electron chi connectivity index (χ0n) is 12.6. The van der Waals surface area contributed by atoms with Gasteiger partial charge in [0.15, 0.2) is 0 Å². The minimum absolute atomic E-state index is 0.0559. The third kappa shape index (κ3) is 4.59. The van der Waals surface area contributed by atoms with Crippen molar-refractivity contribution in [2.45, 2.75) is 38.8 Å². The number of hydrogen-bond acceptors (Lipinski definition) is 4. The van der Waals surface area contributed by atoms with Crippen molar-refractivity contribution in [3.8, 4) is 0 Å². The van der Waals surface area contributed by atoms with Gasteiger partial charge in [0.05, 0.1) is 0 Å². The highest BCUT2D eigenvalue weighted by atomic mass is 35.5. The summed E-state index contributed by atoms with van der Waals surface area (Å²) in [6, 6.07) is 9.06. The Balaban J connectivity index is 2.28. The van der Waals surface area contributed by atoms with Crippen molar-refractivity contribution in [1.82, 2.24) is 3.96 Å². The molecule has 1 atom stereocenters. The number of nitrogens with zero attached hydrogens (tertiary/aromatic N) is 1. The lowest BCUT2D eigenvalue weighted by molar-refractivity contribution is -0.150. The molecule has 0 saturated heterocycles. The van der Waals surface area contributed by atoms with Crippen LogP contribution in [0.15, 0.2) is 35.1 Å². The number of esters is 1. The summed E-state index contributed by atoms with van der Waals surface area (Å²) >= 11 is 12.8. The molecule has 0 amide bonds. The Labute approximate surface area is 148 Å². The molecule has 7 heteroatoms. The maximum absolute atomic E-state index is 12.2. The first-order valence-corrected chi connectivity index (χ1v) is 8.88. The Morgan fingerprint density at radius 1 is 1.26 bits per heavy atom. The van der Waals surface area contributed by atoms with Crippen molar-refractivity contribution >= 4 is 40.7 Å². The van der Waals surface area contributed by atoms with Crippen LogP contribution < -0.4 is 5.56 Å². The molecule has 0 aliphatic rings. The van der Waals surface area contributed by atoms with E-state index in [9.17, 15) is 9.59 Å². The fourth-order valence-corrected chi connectivity index (χ4v) is 3.40. The zero-order chi connectivity index (χ0) is 16.8. The first-order valence-electron chi connectivity index (χ1n) is 7.35. The second-order valence-corrected chi connectivity index (χ2v) is 6.98. The molecule has 0 bridgehead atoms. The third-order valence-corrected chi connectivity index (χ3v) is 5.14. The molecule has 4 nitrogen and oxygen atoms in total. The molecule has 1 aromatic carbocycles. The summed E-state index contributed by atoms with van der Waals surface area (Å²) in [5.41, 5.74) is 0.227. The molecule has 1 unspecified atom stereocenters. The Hall–Kier alpha value is -1.30. The highest BCUT2D eigenvalue weighted by Gasteiger charge is 2.24. The summed E-state index contributed by atoms with van der Waals surface area (Å²) < 4.78 is 7.01. The van der Waals surface area contributed by atoms with E-state index >= 15 is 0 Å². The Morgan fingerprint density at radius 3 is 2.52 bits per heavy atom. The number of carbonyl (C=O) groups excluding carboxylic acids is 1. The Bertz CT molecular complexity index is 712. The van der Waals surface area contributed by atoms with Crippen LogP contribution in [0, 0.1) is 0 Å². The van der Waals surface area contributed by atoms with Crippen molar-refractivity contribution in [3.05, 3.63) is 55.6 Å². The summed E-state index contributed by atoms with van der Waals surface area (Å²) in [6.45, 7) is 2.06. The van der Waals surface area contributed by atoms with Crippen LogP contribution in [0.5, 0.6) is 0 Å². The minimum Gasteiger partial charge on any atom is -0.436 e. The van der Waals surface area contributed by atoms with Gasteiger partial charge in [-0.25, -0.2) is 3.96 Å². The number of rotatable bonds is 7. The van der Waals surface area contributed by atoms with Crippen LogP contribution in [0.1, 0.15) is 44.4 Å². The van der Waals surface area contributed by atoms with Crippen molar-refractivity contribution in [1.29, 1.82) is 0 Å². The average molecular weight is 374 g/mol. The van der Waals surface area contributed by atoms with E-state index in [1.165, 1.54) is 3.96 Å². The smallest absolute Gasteiger partial charge is 0.308 e. The first kappa shape index (κ1) is 18.0. The van der Waals surface area contributed by atoms with Gasteiger partial charge in [-0.2, -0.15) is 0 Å². The second-order valence-electron chi connectivity index (χ2n) is 5.02. The zero-order valence-corrected chi connectivity index (χ0v) is 15.0. The van der Waals surface area contributed by atoms with Crippen molar-refractivity contribution in [2.24, 2.45) is 0 Å². The van der Waals surface area contributed by atoms with Gasteiger partial charge in [-0.15, -0.1) is 0 Å². The van der Waals surface area contributed by atoms with E-state index in [-0.39, 0.29) is 15.3 Å². The van der Waals surface area contributed by atoms with Gasteiger partial charge in [-0.05, 0) is 18.0 Å². The van der Waals surface area contributed by atoms with Crippen LogP contribution in [0.25, 0.3) is 0 Å². The quantitative estimate of drug-likeness (QED) is 0.512. The minimum atomic E-state index is -0.854. The predicted molar refractivity (Wildman–Crippen MR) is 93.4 cm³/mol. The highest BCUT2D eigenvalue weighted by Crippen LogP contribution is 2.29. The molecule has 0 N–H and O–H groups in total. The lowest BCUT2D eigenvalue weighted by Crippen LogP contribution is -2.25. The molecular weight excluding hydrogens is 357 g/mol. The molecule has 0 radical (unpaired) electrons. The van der Waals surface area contributed by atoms with Crippen LogP contribution in [0.2, 0.25) is 9.36 Å². The fourth-order valence-electron chi connectivity index (χ4n) is 2.07. The van der Waals surface area contributed by atoms with Gasteiger partial charge in [0.1, 0.15) is 9.36 Å². The highest BCUT2D eigenvalue weighted by molar-refractivity contribution is 7.12. The van der Waals surface area contributed by atoms with Crippen LogP contribution >= 0.6 is 34.7 Å². The molecular formula is C16H17Cl2NO3S. The summed E-state index contributed by atoms with van der Waals surface area (Å²) in [5.74, 6) is -0.347. The van der Waals surface area contributed by atoms with Crippen LogP contribution in [-0.4, -0.2) is 9.93 Å². The molecule has 0 aliphatic heterocycles. The fraction of sp³-hybridized carbons (Fsp3) is 0.375. The van der Waals surface area contributed by atoms with E-state index in [0.717, 1.165) is 30.8 Å². The number of carbonyl (C=O) groups is 1. The third-order valence-electron chi connectivity index (χ3n) is 3.26. The summed E-state index contributed by atoms with van der Waals surface area (Å²) in [7, 11) is 0. The predicted octanol–water partition coefficient (Wildman–Crippen LogP) is 4.89. The average Bonchev–Trinajstić information content (AvgIpc) is 2.81. The largest absolute Gasteiger partial charge is 0.436 e. The Kier molecular flexibility index (Phi) is 6.69. The lowest BCUT2D eigenvalue weighted by Gasteiger charge is -2.18. The first-order chi connectivity index (χ1) is 11.0. The van der Waals surface area contributed by atoms with Gasteiger partial charge in [0, 0.05) is 12.0 Å². The van der Waals surface area contributed by atoms with Crippen LogP contribution in [-0.2, 0) is 9.53 Å².